The van der Waals surface area contributed by atoms with Gasteiger partial charge in [0.05, 0.1) is 6.61 Å². The summed E-state index contributed by atoms with van der Waals surface area (Å²) >= 11 is 0. The summed E-state index contributed by atoms with van der Waals surface area (Å²) in [6.07, 6.45) is 1.38. The summed E-state index contributed by atoms with van der Waals surface area (Å²) < 4.78 is 34.4. The molecule has 0 aliphatic heterocycles. The number of nitrogens with zero attached hydrogens (tertiary/aromatic N) is 2. The highest BCUT2D eigenvalue weighted by molar-refractivity contribution is 5.90. The van der Waals surface area contributed by atoms with E-state index in [-0.39, 0.29) is 36.3 Å². The van der Waals surface area contributed by atoms with Crippen LogP contribution in [0.1, 0.15) is 23.1 Å². The molecule has 0 radical (unpaired) electrons. The summed E-state index contributed by atoms with van der Waals surface area (Å²) in [7, 11) is 0. The number of carbonyl (C=O) groups is 1. The Kier molecular flexibility index (Phi) is 5.83. The molecule has 0 unspecified atom stereocenters. The Morgan fingerprint density at radius 2 is 2.12 bits per heavy atom. The van der Waals surface area contributed by atoms with Crippen LogP contribution in [0, 0.1) is 0 Å². The van der Waals surface area contributed by atoms with Gasteiger partial charge in [-0.1, -0.05) is 6.07 Å². The quantitative estimate of drug-likeness (QED) is 0.801. The van der Waals surface area contributed by atoms with Crippen LogP contribution in [-0.2, 0) is 6.54 Å². The molecule has 0 fully saturated rings. The van der Waals surface area contributed by atoms with E-state index in [1.54, 1.807) is 13.0 Å². The van der Waals surface area contributed by atoms with E-state index in [1.807, 2.05) is 0 Å². The maximum absolute atomic E-state index is 12.4. The van der Waals surface area contributed by atoms with Crippen molar-refractivity contribution in [3.63, 3.8) is 0 Å². The maximum atomic E-state index is 12.4. The third-order valence-corrected chi connectivity index (χ3v) is 2.86. The molecule has 1 aromatic carbocycles. The molecule has 128 valence electrons. The van der Waals surface area contributed by atoms with E-state index >= 15 is 0 Å². The zero-order chi connectivity index (χ0) is 17.5. The minimum atomic E-state index is -2.95. The Morgan fingerprint density at radius 3 is 2.79 bits per heavy atom. The lowest BCUT2D eigenvalue weighted by molar-refractivity contribution is -0.0514. The van der Waals surface area contributed by atoms with Gasteiger partial charge in [0, 0.05) is 12.7 Å². The van der Waals surface area contributed by atoms with Gasteiger partial charge in [-0.05, 0) is 30.7 Å². The van der Waals surface area contributed by atoms with E-state index in [0.717, 1.165) is 0 Å². The van der Waals surface area contributed by atoms with Crippen molar-refractivity contribution in [1.82, 2.24) is 15.3 Å². The summed E-state index contributed by atoms with van der Waals surface area (Å²) in [6, 6.07) is 5.88. The van der Waals surface area contributed by atoms with E-state index in [9.17, 15) is 13.6 Å². The van der Waals surface area contributed by atoms with E-state index < -0.39 is 12.5 Å². The fourth-order valence-corrected chi connectivity index (χ4v) is 1.87. The predicted octanol–water partition coefficient (Wildman–Crippen LogP) is 1.99. The van der Waals surface area contributed by atoms with Crippen LogP contribution in [0.4, 0.5) is 14.6 Å². The van der Waals surface area contributed by atoms with Gasteiger partial charge in [0.1, 0.15) is 5.82 Å². The van der Waals surface area contributed by atoms with Crippen molar-refractivity contribution >= 4 is 11.7 Å². The van der Waals surface area contributed by atoms with Crippen LogP contribution in [-0.4, -0.2) is 29.1 Å². The molecule has 0 saturated heterocycles. The van der Waals surface area contributed by atoms with Crippen LogP contribution in [0.2, 0.25) is 0 Å². The lowest BCUT2D eigenvalue weighted by atomic mass is 10.2. The van der Waals surface area contributed by atoms with Gasteiger partial charge in [0.2, 0.25) is 5.82 Å². The fourth-order valence-electron chi connectivity index (χ4n) is 1.87. The number of halogens is 2. The summed E-state index contributed by atoms with van der Waals surface area (Å²) in [5.41, 5.74) is 6.13. The molecule has 0 aliphatic carbocycles. The molecule has 3 N–H and O–H groups in total. The van der Waals surface area contributed by atoms with Gasteiger partial charge in [-0.3, -0.25) is 4.79 Å². The van der Waals surface area contributed by atoms with Crippen molar-refractivity contribution in [2.24, 2.45) is 0 Å². The minimum Gasteiger partial charge on any atom is -0.490 e. The first-order valence-electron chi connectivity index (χ1n) is 7.07. The Morgan fingerprint density at radius 1 is 1.33 bits per heavy atom. The van der Waals surface area contributed by atoms with Crippen LogP contribution in [0.25, 0.3) is 0 Å². The van der Waals surface area contributed by atoms with Gasteiger partial charge in [-0.2, -0.15) is 8.78 Å². The maximum Gasteiger partial charge on any atom is 0.387 e. The van der Waals surface area contributed by atoms with E-state index in [4.69, 9.17) is 10.5 Å². The number of hydrogen-bond acceptors (Lipinski definition) is 6. The number of ether oxygens (including phenoxy) is 2. The fraction of sp³-hybridized carbons (Fsp3) is 0.267. The highest BCUT2D eigenvalue weighted by Crippen LogP contribution is 2.29. The van der Waals surface area contributed by atoms with Crippen molar-refractivity contribution in [3.05, 3.63) is 41.9 Å². The Labute approximate surface area is 136 Å². The number of nitrogens with one attached hydrogen (secondary N) is 1. The van der Waals surface area contributed by atoms with Crippen molar-refractivity contribution in [2.45, 2.75) is 20.1 Å². The minimum absolute atomic E-state index is 0.0577. The number of aromatic nitrogens is 2. The number of carbonyl (C=O) groups excluding carboxylic acids is 1. The molecular weight excluding hydrogens is 322 g/mol. The molecule has 0 aliphatic rings. The first kappa shape index (κ1) is 17.4. The van der Waals surface area contributed by atoms with Gasteiger partial charge in [0.25, 0.3) is 5.91 Å². The highest BCUT2D eigenvalue weighted by atomic mass is 19.3. The second-order valence-corrected chi connectivity index (χ2v) is 4.58. The molecule has 0 atom stereocenters. The molecule has 7 nitrogen and oxygen atoms in total. The van der Waals surface area contributed by atoms with Crippen LogP contribution in [0.3, 0.4) is 0 Å². The van der Waals surface area contributed by atoms with Crippen molar-refractivity contribution < 1.29 is 23.0 Å². The van der Waals surface area contributed by atoms with Gasteiger partial charge in [0.15, 0.2) is 11.5 Å². The summed E-state index contributed by atoms with van der Waals surface area (Å²) in [6.45, 7) is -0.813. The largest absolute Gasteiger partial charge is 0.490 e. The second-order valence-electron chi connectivity index (χ2n) is 4.58. The third kappa shape index (κ3) is 4.77. The molecule has 2 rings (SSSR count). The normalized spacial score (nSPS) is 10.5. The average molecular weight is 338 g/mol. The standard InChI is InChI=1S/C15H16F2N4O3/c1-2-23-11-7-9(3-4-10(11)24-15(16)17)8-20-14(22)13-19-6-5-12(18)21-13/h3-7,15H,2,8H2,1H3,(H,20,22)(H2,18,19,21). The Balaban J connectivity index is 2.06. The number of benzene rings is 1. The second kappa shape index (κ2) is 8.04. The smallest absolute Gasteiger partial charge is 0.387 e. The number of alkyl halides is 2. The number of amides is 1. The third-order valence-electron chi connectivity index (χ3n) is 2.86. The molecule has 1 aromatic heterocycles. The first-order valence-corrected chi connectivity index (χ1v) is 7.07. The summed E-state index contributed by atoms with van der Waals surface area (Å²) in [4.78, 5) is 19.6. The number of nitrogens with two attached hydrogens (primary N) is 1. The van der Waals surface area contributed by atoms with Crippen LogP contribution < -0.4 is 20.5 Å². The van der Waals surface area contributed by atoms with Gasteiger partial charge in [-0.25, -0.2) is 9.97 Å². The lowest BCUT2D eigenvalue weighted by Gasteiger charge is -2.13. The first-order chi connectivity index (χ1) is 11.5. The average Bonchev–Trinajstić information content (AvgIpc) is 2.54. The molecule has 1 amide bonds. The number of anilines is 1. The molecule has 24 heavy (non-hydrogen) atoms. The molecule has 2 aromatic rings. The Bertz CT molecular complexity index is 713. The number of nitrogen functional groups attached to an aromatic ring is 1. The SMILES string of the molecule is CCOc1cc(CNC(=O)c2nccc(N)n2)ccc1OC(F)F. The van der Waals surface area contributed by atoms with Crippen LogP contribution in [0.5, 0.6) is 11.5 Å². The molecule has 0 bridgehead atoms. The predicted molar refractivity (Wildman–Crippen MR) is 81.9 cm³/mol. The Hall–Kier alpha value is -2.97. The van der Waals surface area contributed by atoms with Crippen LogP contribution in [0.15, 0.2) is 30.5 Å². The topological polar surface area (TPSA) is 99.4 Å². The van der Waals surface area contributed by atoms with Crippen molar-refractivity contribution in [2.75, 3.05) is 12.3 Å². The van der Waals surface area contributed by atoms with Gasteiger partial charge < -0.3 is 20.5 Å². The zero-order valence-electron chi connectivity index (χ0n) is 12.8. The monoisotopic (exact) mass is 338 g/mol. The zero-order valence-corrected chi connectivity index (χ0v) is 12.8. The number of hydrogen-bond donors (Lipinski definition) is 2. The van der Waals surface area contributed by atoms with Gasteiger partial charge in [-0.15, -0.1) is 0 Å². The van der Waals surface area contributed by atoms with Crippen LogP contribution >= 0.6 is 0 Å². The lowest BCUT2D eigenvalue weighted by Crippen LogP contribution is -2.25. The van der Waals surface area contributed by atoms with E-state index in [2.05, 4.69) is 20.0 Å². The number of rotatable bonds is 7. The van der Waals surface area contributed by atoms with E-state index in [0.29, 0.717) is 5.56 Å². The summed E-state index contributed by atoms with van der Waals surface area (Å²) in [5.74, 6) is -0.279. The molecule has 9 heteroatoms. The molecule has 0 saturated carbocycles. The molecule has 0 spiro atoms. The van der Waals surface area contributed by atoms with Crippen molar-refractivity contribution in [1.29, 1.82) is 0 Å². The van der Waals surface area contributed by atoms with Crippen molar-refractivity contribution in [3.8, 4) is 11.5 Å². The van der Waals surface area contributed by atoms with E-state index in [1.165, 1.54) is 24.4 Å². The molecule has 1 heterocycles. The summed E-state index contributed by atoms with van der Waals surface area (Å²) in [5, 5.41) is 2.61. The van der Waals surface area contributed by atoms with Gasteiger partial charge >= 0.3 is 6.61 Å². The molecular formula is C15H16F2N4O3. The highest BCUT2D eigenvalue weighted by Gasteiger charge is 2.13.